The van der Waals surface area contributed by atoms with Gasteiger partial charge in [0.25, 0.3) is 0 Å². The van der Waals surface area contributed by atoms with Crippen molar-refractivity contribution in [3.8, 4) is 0 Å². The van der Waals surface area contributed by atoms with E-state index in [0.717, 1.165) is 24.1 Å². The molecule has 114 valence electrons. The highest BCUT2D eigenvalue weighted by Crippen LogP contribution is 2.29. The molecule has 1 aromatic heterocycles. The molecule has 1 aliphatic rings. The van der Waals surface area contributed by atoms with Gasteiger partial charge in [-0.1, -0.05) is 40.0 Å². The lowest BCUT2D eigenvalue weighted by molar-refractivity contribution is 0.311. The predicted octanol–water partition coefficient (Wildman–Crippen LogP) is 4.62. The fourth-order valence-corrected chi connectivity index (χ4v) is 3.45. The van der Waals surface area contributed by atoms with Crippen molar-refractivity contribution in [1.29, 1.82) is 0 Å². The van der Waals surface area contributed by atoms with Crippen LogP contribution in [0.4, 0.5) is 5.95 Å². The van der Waals surface area contributed by atoms with Crippen LogP contribution in [0, 0.1) is 18.8 Å². The van der Waals surface area contributed by atoms with Crippen LogP contribution in [-0.2, 0) is 6.54 Å². The van der Waals surface area contributed by atoms with Crippen LogP contribution in [0.15, 0.2) is 6.20 Å². The standard InChI is InChI=1S/C17H31N3/c1-5-16(15-9-7-6-8-10-15)19-17-18-14(4)12-20(17)11-13(2)3/h12-13,15-16H,5-11H2,1-4H3,(H,18,19). The van der Waals surface area contributed by atoms with Gasteiger partial charge in [-0.25, -0.2) is 4.98 Å². The molecule has 1 aromatic rings. The Hall–Kier alpha value is -0.990. The van der Waals surface area contributed by atoms with Gasteiger partial charge in [0, 0.05) is 18.8 Å². The van der Waals surface area contributed by atoms with Crippen LogP contribution < -0.4 is 5.32 Å². The first kappa shape index (κ1) is 15.4. The van der Waals surface area contributed by atoms with Crippen LogP contribution in [0.1, 0.15) is 65.0 Å². The maximum Gasteiger partial charge on any atom is 0.203 e. The topological polar surface area (TPSA) is 29.9 Å². The number of hydrogen-bond acceptors (Lipinski definition) is 2. The molecule has 1 aliphatic carbocycles. The Balaban J connectivity index is 2.06. The number of hydrogen-bond donors (Lipinski definition) is 1. The summed E-state index contributed by atoms with van der Waals surface area (Å²) in [6, 6.07) is 0.586. The van der Waals surface area contributed by atoms with Crippen LogP contribution in [0.3, 0.4) is 0 Å². The Bertz CT molecular complexity index is 402. The highest BCUT2D eigenvalue weighted by molar-refractivity contribution is 5.30. The second-order valence-corrected chi connectivity index (χ2v) is 6.81. The highest BCUT2D eigenvalue weighted by atomic mass is 15.2. The van der Waals surface area contributed by atoms with Crippen LogP contribution in [-0.4, -0.2) is 15.6 Å². The molecule has 1 fully saturated rings. The van der Waals surface area contributed by atoms with Crippen molar-refractivity contribution in [1.82, 2.24) is 9.55 Å². The molecule has 1 N–H and O–H groups in total. The van der Waals surface area contributed by atoms with Gasteiger partial charge in [-0.15, -0.1) is 0 Å². The quantitative estimate of drug-likeness (QED) is 0.822. The zero-order chi connectivity index (χ0) is 14.5. The molecule has 1 unspecified atom stereocenters. The number of rotatable bonds is 6. The zero-order valence-electron chi connectivity index (χ0n) is 13.7. The monoisotopic (exact) mass is 277 g/mol. The molecule has 20 heavy (non-hydrogen) atoms. The van der Waals surface area contributed by atoms with Crippen molar-refractivity contribution < 1.29 is 0 Å². The van der Waals surface area contributed by atoms with Crippen molar-refractivity contribution in [3.63, 3.8) is 0 Å². The zero-order valence-corrected chi connectivity index (χ0v) is 13.7. The predicted molar refractivity (Wildman–Crippen MR) is 86.1 cm³/mol. The Morgan fingerprint density at radius 3 is 2.60 bits per heavy atom. The van der Waals surface area contributed by atoms with Gasteiger partial charge in [-0.2, -0.15) is 0 Å². The Kier molecular flexibility index (Phi) is 5.50. The average molecular weight is 277 g/mol. The van der Waals surface area contributed by atoms with Crippen LogP contribution in [0.25, 0.3) is 0 Å². The smallest absolute Gasteiger partial charge is 0.203 e. The lowest BCUT2D eigenvalue weighted by atomic mass is 9.83. The van der Waals surface area contributed by atoms with Crippen molar-refractivity contribution in [3.05, 3.63) is 11.9 Å². The third-order valence-electron chi connectivity index (χ3n) is 4.43. The molecule has 0 spiro atoms. The third kappa shape index (κ3) is 4.00. The first-order chi connectivity index (χ1) is 9.60. The van der Waals surface area contributed by atoms with Crippen molar-refractivity contribution in [2.24, 2.45) is 11.8 Å². The van der Waals surface area contributed by atoms with Crippen molar-refractivity contribution in [2.75, 3.05) is 5.32 Å². The molecule has 1 saturated carbocycles. The minimum atomic E-state index is 0.586. The number of nitrogens with zero attached hydrogens (tertiary/aromatic N) is 2. The number of nitrogens with one attached hydrogen (secondary N) is 1. The van der Waals surface area contributed by atoms with Gasteiger partial charge in [0.15, 0.2) is 0 Å². The van der Waals surface area contributed by atoms with E-state index in [4.69, 9.17) is 4.98 Å². The summed E-state index contributed by atoms with van der Waals surface area (Å²) < 4.78 is 2.30. The minimum absolute atomic E-state index is 0.586. The molecule has 0 bridgehead atoms. The molecule has 2 rings (SSSR count). The maximum atomic E-state index is 4.70. The summed E-state index contributed by atoms with van der Waals surface area (Å²) in [7, 11) is 0. The Morgan fingerprint density at radius 1 is 1.30 bits per heavy atom. The summed E-state index contributed by atoms with van der Waals surface area (Å²) >= 11 is 0. The maximum absolute atomic E-state index is 4.70. The summed E-state index contributed by atoms with van der Waals surface area (Å²) in [4.78, 5) is 4.70. The van der Waals surface area contributed by atoms with Gasteiger partial charge >= 0.3 is 0 Å². The fourth-order valence-electron chi connectivity index (χ4n) is 3.45. The number of aryl methyl sites for hydroxylation is 1. The van der Waals surface area contributed by atoms with E-state index >= 15 is 0 Å². The van der Waals surface area contributed by atoms with E-state index in [9.17, 15) is 0 Å². The summed E-state index contributed by atoms with van der Waals surface area (Å²) in [5.41, 5.74) is 1.12. The molecule has 0 aromatic carbocycles. The van der Waals surface area contributed by atoms with E-state index in [-0.39, 0.29) is 0 Å². The largest absolute Gasteiger partial charge is 0.353 e. The molecule has 3 nitrogen and oxygen atoms in total. The minimum Gasteiger partial charge on any atom is -0.353 e. The van der Waals surface area contributed by atoms with Crippen molar-refractivity contribution >= 4 is 5.95 Å². The summed E-state index contributed by atoms with van der Waals surface area (Å²) in [5, 5.41) is 3.75. The summed E-state index contributed by atoms with van der Waals surface area (Å²) in [6.45, 7) is 9.96. The number of aromatic nitrogens is 2. The van der Waals surface area contributed by atoms with E-state index in [1.807, 2.05) is 0 Å². The molecular weight excluding hydrogens is 246 g/mol. The molecule has 0 amide bonds. The van der Waals surface area contributed by atoms with Crippen LogP contribution in [0.2, 0.25) is 0 Å². The molecule has 1 heterocycles. The third-order valence-corrected chi connectivity index (χ3v) is 4.43. The van der Waals surface area contributed by atoms with E-state index < -0.39 is 0 Å². The van der Waals surface area contributed by atoms with Gasteiger partial charge in [-0.3, -0.25) is 0 Å². The number of imidazole rings is 1. The highest BCUT2D eigenvalue weighted by Gasteiger charge is 2.23. The SMILES string of the molecule is CCC(Nc1nc(C)cn1CC(C)C)C1CCCCC1. The molecule has 3 heteroatoms. The first-order valence-electron chi connectivity index (χ1n) is 8.40. The lowest BCUT2D eigenvalue weighted by Crippen LogP contribution is -2.31. The second kappa shape index (κ2) is 7.14. The Labute approximate surface area is 124 Å². The molecular formula is C17H31N3. The van der Waals surface area contributed by atoms with Gasteiger partial charge in [-0.05, 0) is 38.0 Å². The van der Waals surface area contributed by atoms with Gasteiger partial charge in [0.05, 0.1) is 5.69 Å². The molecule has 0 aliphatic heterocycles. The summed E-state index contributed by atoms with van der Waals surface area (Å²) in [5.74, 6) is 2.56. The van der Waals surface area contributed by atoms with Gasteiger partial charge in [0.1, 0.15) is 0 Å². The van der Waals surface area contributed by atoms with Crippen LogP contribution >= 0.6 is 0 Å². The second-order valence-electron chi connectivity index (χ2n) is 6.81. The number of anilines is 1. The van der Waals surface area contributed by atoms with Crippen LogP contribution in [0.5, 0.6) is 0 Å². The van der Waals surface area contributed by atoms with Gasteiger partial charge in [0.2, 0.25) is 5.95 Å². The first-order valence-corrected chi connectivity index (χ1v) is 8.40. The normalized spacial score (nSPS) is 18.4. The molecule has 0 saturated heterocycles. The van der Waals surface area contributed by atoms with E-state index in [2.05, 4.69) is 43.8 Å². The summed E-state index contributed by atoms with van der Waals surface area (Å²) in [6.07, 6.45) is 10.4. The van der Waals surface area contributed by atoms with Crippen molar-refractivity contribution in [2.45, 2.75) is 78.8 Å². The fraction of sp³-hybridized carbons (Fsp3) is 0.824. The van der Waals surface area contributed by atoms with E-state index in [1.54, 1.807) is 0 Å². The van der Waals surface area contributed by atoms with E-state index in [1.165, 1.54) is 38.5 Å². The molecule has 1 atom stereocenters. The lowest BCUT2D eigenvalue weighted by Gasteiger charge is -2.30. The van der Waals surface area contributed by atoms with E-state index in [0.29, 0.717) is 12.0 Å². The molecule has 0 radical (unpaired) electrons. The Morgan fingerprint density at radius 2 is 2.00 bits per heavy atom. The van der Waals surface area contributed by atoms with Gasteiger partial charge < -0.3 is 9.88 Å². The average Bonchev–Trinajstić information content (AvgIpc) is 2.76.